The van der Waals surface area contributed by atoms with Gasteiger partial charge in [-0.3, -0.25) is 14.8 Å². The summed E-state index contributed by atoms with van der Waals surface area (Å²) < 4.78 is 14.7. The largest absolute Gasteiger partial charge is 0.392 e. The summed E-state index contributed by atoms with van der Waals surface area (Å²) in [4.78, 5) is 23.4. The molecular weight excluding hydrogens is 596 g/mol. The number of carbonyl (C=O) groups excluding carboxylic acids is 2. The second kappa shape index (κ2) is 15.7. The number of benzene rings is 3. The number of nitrogens with zero attached hydrogens (tertiary/aromatic N) is 4. The molecule has 0 bridgehead atoms. The molecule has 1 fully saturated rings. The smallest absolute Gasteiger partial charge is 0.243 e. The molecule has 0 unspecified atom stereocenters. The number of hydroxylamine groups is 1. The molecule has 12 nitrogen and oxygen atoms in total. The summed E-state index contributed by atoms with van der Waals surface area (Å²) in [6, 6.07) is 23.8. The Morgan fingerprint density at radius 3 is 2.44 bits per heavy atom. The third-order valence-electron chi connectivity index (χ3n) is 7.44. The van der Waals surface area contributed by atoms with Crippen LogP contribution in [0.5, 0.6) is 0 Å². The number of tetrazole rings is 1. The monoisotopic (exact) mass is 632 g/mol. The Labute approximate surface area is 265 Å². The number of hydrogen-bond acceptors (Lipinski definition) is 10. The third kappa shape index (κ3) is 8.96. The molecule has 1 saturated heterocycles. The fourth-order valence-corrected chi connectivity index (χ4v) is 5.88. The van der Waals surface area contributed by atoms with Gasteiger partial charge in [-0.1, -0.05) is 72.4 Å². The summed E-state index contributed by atoms with van der Waals surface area (Å²) in [5.74, 6) is -0.0344. The van der Waals surface area contributed by atoms with Crippen molar-refractivity contribution < 1.29 is 29.4 Å². The van der Waals surface area contributed by atoms with Crippen molar-refractivity contribution in [2.24, 2.45) is 7.05 Å². The zero-order chi connectivity index (χ0) is 31.6. The van der Waals surface area contributed by atoms with Gasteiger partial charge in [-0.2, -0.15) is 0 Å². The van der Waals surface area contributed by atoms with E-state index < -0.39 is 12.2 Å². The highest BCUT2D eigenvalue weighted by atomic mass is 32.2. The van der Waals surface area contributed by atoms with Crippen LogP contribution in [0.1, 0.15) is 60.3 Å². The topological polar surface area (TPSA) is 161 Å². The minimum Gasteiger partial charge on any atom is -0.392 e. The summed E-state index contributed by atoms with van der Waals surface area (Å²) >= 11 is 1.53. The van der Waals surface area contributed by atoms with Crippen LogP contribution in [0.4, 0.5) is 0 Å². The number of carbonyl (C=O) groups is 2. The summed E-state index contributed by atoms with van der Waals surface area (Å²) in [6.07, 6.45) is 0.310. The molecule has 236 valence electrons. The van der Waals surface area contributed by atoms with Crippen LogP contribution in [0.2, 0.25) is 0 Å². The Hall–Kier alpha value is -4.14. The number of aryl methyl sites for hydroxylation is 1. The van der Waals surface area contributed by atoms with Crippen molar-refractivity contribution in [3.05, 3.63) is 95.1 Å². The van der Waals surface area contributed by atoms with Gasteiger partial charge in [0, 0.05) is 44.2 Å². The Bertz CT molecular complexity index is 1580. The number of thioether (sulfide) groups is 1. The van der Waals surface area contributed by atoms with Gasteiger partial charge in [0.2, 0.25) is 17.0 Å². The van der Waals surface area contributed by atoms with E-state index in [4.69, 9.17) is 14.7 Å². The van der Waals surface area contributed by atoms with Gasteiger partial charge in [0.05, 0.1) is 18.8 Å². The number of rotatable bonds is 13. The Balaban J connectivity index is 1.29. The highest BCUT2D eigenvalue weighted by molar-refractivity contribution is 7.99. The van der Waals surface area contributed by atoms with Crippen molar-refractivity contribution >= 4 is 23.6 Å². The Morgan fingerprint density at radius 1 is 0.956 bits per heavy atom. The minimum absolute atomic E-state index is 0.0194. The zero-order valence-corrected chi connectivity index (χ0v) is 25.7. The maximum atomic E-state index is 12.2. The molecule has 3 atom stereocenters. The molecule has 5 rings (SSSR count). The van der Waals surface area contributed by atoms with Crippen molar-refractivity contribution in [1.82, 2.24) is 31.0 Å². The lowest BCUT2D eigenvalue weighted by Gasteiger charge is -2.36. The molecule has 1 aliphatic rings. The van der Waals surface area contributed by atoms with Crippen LogP contribution < -0.4 is 10.8 Å². The van der Waals surface area contributed by atoms with E-state index in [1.165, 1.54) is 11.8 Å². The molecule has 1 aromatic heterocycles. The average Bonchev–Trinajstić information content (AvgIpc) is 3.50. The molecule has 0 radical (unpaired) electrons. The number of aromatic nitrogens is 4. The number of ether oxygens (including phenoxy) is 2. The molecule has 4 N–H and O–H groups in total. The third-order valence-corrected chi connectivity index (χ3v) is 8.58. The minimum atomic E-state index is -0.611. The Kier molecular flexibility index (Phi) is 11.3. The fraction of sp³-hybridized carbons (Fsp3) is 0.344. The fourth-order valence-electron chi connectivity index (χ4n) is 5.01. The van der Waals surface area contributed by atoms with Crippen LogP contribution in [0.3, 0.4) is 0 Å². The van der Waals surface area contributed by atoms with Gasteiger partial charge in [-0.25, -0.2) is 10.2 Å². The first-order valence-corrected chi connectivity index (χ1v) is 15.6. The van der Waals surface area contributed by atoms with Crippen LogP contribution in [0.25, 0.3) is 11.1 Å². The van der Waals surface area contributed by atoms with Gasteiger partial charge in [0.25, 0.3) is 0 Å². The van der Waals surface area contributed by atoms with E-state index in [9.17, 15) is 14.7 Å². The Morgan fingerprint density at radius 2 is 1.71 bits per heavy atom. The molecule has 0 spiro atoms. The quantitative estimate of drug-likeness (QED) is 0.0964. The second-order valence-electron chi connectivity index (χ2n) is 10.7. The van der Waals surface area contributed by atoms with Crippen molar-refractivity contribution in [2.45, 2.75) is 62.5 Å². The van der Waals surface area contributed by atoms with E-state index in [1.807, 2.05) is 66.7 Å². The van der Waals surface area contributed by atoms with Gasteiger partial charge in [-0.05, 0) is 56.8 Å². The first-order valence-electron chi connectivity index (χ1n) is 14.7. The molecule has 0 saturated carbocycles. The average molecular weight is 633 g/mol. The van der Waals surface area contributed by atoms with Crippen LogP contribution in [0, 0.1) is 0 Å². The van der Waals surface area contributed by atoms with Gasteiger partial charge >= 0.3 is 0 Å². The number of aliphatic hydroxyl groups is 1. The molecule has 3 aromatic carbocycles. The van der Waals surface area contributed by atoms with Gasteiger partial charge in [0.15, 0.2) is 6.29 Å². The van der Waals surface area contributed by atoms with E-state index in [-0.39, 0.29) is 37.6 Å². The second-order valence-corrected chi connectivity index (χ2v) is 11.7. The molecule has 0 aliphatic carbocycles. The van der Waals surface area contributed by atoms with Crippen LogP contribution in [-0.4, -0.2) is 54.2 Å². The number of nitrogens with one attached hydrogen (secondary N) is 2. The zero-order valence-electron chi connectivity index (χ0n) is 24.8. The first kappa shape index (κ1) is 32.3. The van der Waals surface area contributed by atoms with E-state index >= 15 is 0 Å². The number of aliphatic hydroxyl groups excluding tert-OH is 1. The SMILES string of the molecule is Cn1nnnc1SC[C@H]1C[C@@H](c2ccc(CO)cc2)O[C@@H](c2cccc(-c3cccc(CNC(=O)CCCC(=O)NO)c3)c2)O1. The molecule has 45 heavy (non-hydrogen) atoms. The van der Waals surface area contributed by atoms with Gasteiger partial charge in [0.1, 0.15) is 0 Å². The van der Waals surface area contributed by atoms with Crippen molar-refractivity contribution in [3.8, 4) is 11.1 Å². The highest BCUT2D eigenvalue weighted by Gasteiger charge is 2.32. The van der Waals surface area contributed by atoms with Crippen LogP contribution in [0.15, 0.2) is 78.0 Å². The normalized spacial score (nSPS) is 18.0. The molecule has 2 amide bonds. The van der Waals surface area contributed by atoms with E-state index in [1.54, 1.807) is 17.2 Å². The molecular formula is C32H36N6O6S. The van der Waals surface area contributed by atoms with Gasteiger partial charge < -0.3 is 19.9 Å². The predicted molar refractivity (Wildman–Crippen MR) is 165 cm³/mol. The highest BCUT2D eigenvalue weighted by Crippen LogP contribution is 2.40. The molecule has 1 aliphatic heterocycles. The lowest BCUT2D eigenvalue weighted by atomic mass is 9.99. The maximum Gasteiger partial charge on any atom is 0.243 e. The van der Waals surface area contributed by atoms with E-state index in [0.29, 0.717) is 30.3 Å². The van der Waals surface area contributed by atoms with Crippen LogP contribution >= 0.6 is 11.8 Å². The maximum absolute atomic E-state index is 12.2. The lowest BCUT2D eigenvalue weighted by Crippen LogP contribution is -2.31. The van der Waals surface area contributed by atoms with E-state index in [2.05, 4.69) is 26.9 Å². The number of hydrogen-bond donors (Lipinski definition) is 4. The molecule has 2 heterocycles. The van der Waals surface area contributed by atoms with Crippen molar-refractivity contribution in [2.75, 3.05) is 5.75 Å². The van der Waals surface area contributed by atoms with Gasteiger partial charge in [-0.15, -0.1) is 5.10 Å². The summed E-state index contributed by atoms with van der Waals surface area (Å²) in [5, 5.41) is 33.4. The number of amides is 2. The standard InChI is InChI=1S/C32H36N6O6S/c1-38-32(34-36-37-38)45-20-27-17-28(23-13-11-21(19-39)12-14-23)44-31(43-27)26-8-3-7-25(16-26)24-6-2-5-22(15-24)18-33-29(40)9-4-10-30(41)35-42/h2-3,5-8,11-16,27-28,31,39,42H,4,9-10,17-20H2,1H3,(H,33,40)(H,35,41)/t27-,28+,31+/m1/s1. The van der Waals surface area contributed by atoms with E-state index in [0.717, 1.165) is 33.4 Å². The van der Waals surface area contributed by atoms with Crippen LogP contribution in [-0.2, 0) is 39.3 Å². The summed E-state index contributed by atoms with van der Waals surface area (Å²) in [6.45, 7) is 0.332. The first-order chi connectivity index (χ1) is 21.9. The molecule has 13 heteroatoms. The predicted octanol–water partition coefficient (Wildman–Crippen LogP) is 4.00. The molecule has 4 aromatic rings. The summed E-state index contributed by atoms with van der Waals surface area (Å²) in [7, 11) is 1.80. The lowest BCUT2D eigenvalue weighted by molar-refractivity contribution is -0.245. The van der Waals surface area contributed by atoms with Crippen molar-refractivity contribution in [3.63, 3.8) is 0 Å². The summed E-state index contributed by atoms with van der Waals surface area (Å²) in [5.41, 5.74) is 7.20. The van der Waals surface area contributed by atoms with Crippen molar-refractivity contribution in [1.29, 1.82) is 0 Å².